The van der Waals surface area contributed by atoms with E-state index >= 15 is 0 Å². The lowest BCUT2D eigenvalue weighted by Gasteiger charge is -2.32. The highest BCUT2D eigenvalue weighted by Gasteiger charge is 2.27. The molecule has 6 rings (SSSR count). The Labute approximate surface area is 366 Å². The number of nitrogens with one attached hydrogen (secondary N) is 2. The molecule has 10 heteroatoms. The van der Waals surface area contributed by atoms with Crippen molar-refractivity contribution in [3.63, 3.8) is 0 Å². The van der Waals surface area contributed by atoms with E-state index in [0.717, 1.165) is 36.8 Å². The molecular weight excluding hydrogens is 777 g/mol. The van der Waals surface area contributed by atoms with Gasteiger partial charge in [0, 0.05) is 61.5 Å². The average molecular weight is 835 g/mol. The van der Waals surface area contributed by atoms with Crippen LogP contribution in [0.5, 0.6) is 0 Å². The lowest BCUT2D eigenvalue weighted by molar-refractivity contribution is 0.0512. The van der Waals surface area contributed by atoms with Crippen LogP contribution in [-0.2, 0) is 22.6 Å². The molecule has 0 aliphatic carbocycles. The van der Waals surface area contributed by atoms with Crippen LogP contribution in [0.4, 0.5) is 9.59 Å². The minimum Gasteiger partial charge on any atom is -0.444 e. The number of hydrogen-bond donors (Lipinski definition) is 2. The van der Waals surface area contributed by atoms with Crippen LogP contribution in [0, 0.1) is 23.7 Å². The molecule has 0 saturated carbocycles. The number of likely N-dealkylation sites (tertiary alicyclic amines) is 2. The van der Waals surface area contributed by atoms with Crippen molar-refractivity contribution < 1.29 is 28.7 Å². The second-order valence-corrected chi connectivity index (χ2v) is 18.0. The van der Waals surface area contributed by atoms with Crippen LogP contribution in [0.2, 0.25) is 0 Å². The highest BCUT2D eigenvalue weighted by molar-refractivity contribution is 5.95. The van der Waals surface area contributed by atoms with E-state index < -0.39 is 23.4 Å². The van der Waals surface area contributed by atoms with Crippen LogP contribution < -0.4 is 10.6 Å². The Balaban J connectivity index is 0.972. The van der Waals surface area contributed by atoms with E-state index in [-0.39, 0.29) is 11.8 Å². The van der Waals surface area contributed by atoms with E-state index in [9.17, 15) is 19.2 Å². The van der Waals surface area contributed by atoms with E-state index in [2.05, 4.69) is 58.6 Å². The van der Waals surface area contributed by atoms with Gasteiger partial charge >= 0.3 is 12.2 Å². The first-order chi connectivity index (χ1) is 29.6. The first kappa shape index (κ1) is 45.0. The Morgan fingerprint density at radius 3 is 1.29 bits per heavy atom. The summed E-state index contributed by atoms with van der Waals surface area (Å²) < 4.78 is 10.7. The third-order valence-corrected chi connectivity index (χ3v) is 10.8. The number of carbonyl (C=O) groups excluding carboxylic acids is 4. The highest BCUT2D eigenvalue weighted by atomic mass is 16.6. The van der Waals surface area contributed by atoms with Crippen molar-refractivity contribution in [1.29, 1.82) is 0 Å². The van der Waals surface area contributed by atoms with Crippen LogP contribution in [0.25, 0.3) is 0 Å². The van der Waals surface area contributed by atoms with Gasteiger partial charge in [-0.1, -0.05) is 72.5 Å². The summed E-state index contributed by atoms with van der Waals surface area (Å²) >= 11 is 0. The van der Waals surface area contributed by atoms with Crippen LogP contribution >= 0.6 is 0 Å². The molecule has 2 heterocycles. The van der Waals surface area contributed by atoms with Gasteiger partial charge in [0.15, 0.2) is 0 Å². The molecule has 0 bridgehead atoms. The number of ether oxygens (including phenoxy) is 2. The molecule has 0 aromatic heterocycles. The monoisotopic (exact) mass is 834 g/mol. The molecule has 2 aliphatic rings. The Morgan fingerprint density at radius 1 is 0.548 bits per heavy atom. The van der Waals surface area contributed by atoms with Crippen molar-refractivity contribution in [1.82, 2.24) is 20.4 Å². The van der Waals surface area contributed by atoms with Gasteiger partial charge < -0.3 is 29.9 Å². The van der Waals surface area contributed by atoms with Gasteiger partial charge in [0.1, 0.15) is 11.2 Å². The predicted molar refractivity (Wildman–Crippen MR) is 241 cm³/mol. The molecule has 4 aromatic rings. The molecule has 322 valence electrons. The fraction of sp³-hybridized carbons (Fsp3) is 0.385. The summed E-state index contributed by atoms with van der Waals surface area (Å²) in [4.78, 5) is 55.1. The van der Waals surface area contributed by atoms with Crippen molar-refractivity contribution in [2.24, 2.45) is 0 Å². The third kappa shape index (κ3) is 13.5. The molecule has 2 N–H and O–H groups in total. The minimum atomic E-state index is -0.551. The SMILES string of the molecule is CC(C)(C)OC(=O)NCc1cccc(C2CCN(C(=O)c3cccc(C#CC#Cc4cccc(C(=O)N5CCC(c6cccc(CNC(=O)OC(C)(C)C)c6)CC5)c4)c3)CC2)c1. The fourth-order valence-electron chi connectivity index (χ4n) is 7.75. The molecule has 10 nitrogen and oxygen atoms in total. The Hall–Kier alpha value is -6.52. The molecule has 0 unspecified atom stereocenters. The molecule has 4 amide bonds. The van der Waals surface area contributed by atoms with Gasteiger partial charge in [-0.2, -0.15) is 0 Å². The van der Waals surface area contributed by atoms with Gasteiger partial charge in [0.05, 0.1) is 0 Å². The van der Waals surface area contributed by atoms with Crippen LogP contribution in [0.15, 0.2) is 97.1 Å². The zero-order valence-electron chi connectivity index (χ0n) is 36.8. The van der Waals surface area contributed by atoms with Gasteiger partial charge in [0.2, 0.25) is 0 Å². The van der Waals surface area contributed by atoms with Crippen molar-refractivity contribution in [3.8, 4) is 23.7 Å². The van der Waals surface area contributed by atoms with Crippen molar-refractivity contribution in [2.75, 3.05) is 26.2 Å². The van der Waals surface area contributed by atoms with Crippen LogP contribution in [-0.4, -0.2) is 71.2 Å². The average Bonchev–Trinajstić information content (AvgIpc) is 3.25. The third-order valence-electron chi connectivity index (χ3n) is 10.8. The molecule has 62 heavy (non-hydrogen) atoms. The second-order valence-electron chi connectivity index (χ2n) is 18.0. The zero-order chi connectivity index (χ0) is 44.3. The molecule has 2 saturated heterocycles. The lowest BCUT2D eigenvalue weighted by Crippen LogP contribution is -2.38. The first-order valence-electron chi connectivity index (χ1n) is 21.5. The van der Waals surface area contributed by atoms with E-state index in [4.69, 9.17) is 9.47 Å². The Morgan fingerprint density at radius 2 is 0.919 bits per heavy atom. The molecule has 2 aliphatic heterocycles. The molecule has 2 fully saturated rings. The number of benzene rings is 4. The summed E-state index contributed by atoms with van der Waals surface area (Å²) in [5.41, 5.74) is 5.92. The molecule has 0 atom stereocenters. The standard InChI is InChI=1S/C52H58N4O6/c1-51(2,3)61-49(59)53-35-39-17-11-19-43(33-39)41-23-27-55(28-24-41)47(57)45-21-9-15-37(31-45)13-7-8-14-38-16-10-22-46(32-38)48(58)56-29-25-42(26-30-56)44-20-12-18-40(34-44)36-54-50(60)62-52(4,5)6/h9-12,15-22,31-34,41-42H,23-30,35-36H2,1-6H3,(H,53,59)(H,54,60). The van der Waals surface area contributed by atoms with Crippen LogP contribution in [0.1, 0.15) is 133 Å². The van der Waals surface area contributed by atoms with Gasteiger partial charge in [-0.3, -0.25) is 9.59 Å². The topological polar surface area (TPSA) is 117 Å². The zero-order valence-corrected chi connectivity index (χ0v) is 36.8. The fourth-order valence-corrected chi connectivity index (χ4v) is 7.75. The summed E-state index contributed by atoms with van der Waals surface area (Å²) in [5, 5.41) is 5.66. The van der Waals surface area contributed by atoms with Crippen molar-refractivity contribution in [2.45, 2.75) is 103 Å². The van der Waals surface area contributed by atoms with E-state index in [1.165, 1.54) is 11.1 Å². The second kappa shape index (κ2) is 20.4. The number of alkyl carbamates (subject to hydrolysis) is 2. The first-order valence-corrected chi connectivity index (χ1v) is 21.5. The lowest BCUT2D eigenvalue weighted by atomic mass is 9.88. The summed E-state index contributed by atoms with van der Waals surface area (Å²) in [6, 6.07) is 31.2. The molecule has 0 radical (unpaired) electrons. The van der Waals surface area contributed by atoms with Gasteiger partial charge in [0.25, 0.3) is 11.8 Å². The maximum atomic E-state index is 13.5. The normalized spacial score (nSPS) is 14.7. The quantitative estimate of drug-likeness (QED) is 0.171. The number of hydrogen-bond acceptors (Lipinski definition) is 6. The molecule has 0 spiro atoms. The maximum absolute atomic E-state index is 13.5. The van der Waals surface area contributed by atoms with Crippen molar-refractivity contribution >= 4 is 24.0 Å². The predicted octanol–water partition coefficient (Wildman–Crippen LogP) is 9.18. The number of amides is 4. The number of rotatable bonds is 8. The van der Waals surface area contributed by atoms with Gasteiger partial charge in [-0.05, 0) is 150 Å². The summed E-state index contributed by atoms with van der Waals surface area (Å²) in [6.45, 7) is 14.4. The minimum absolute atomic E-state index is 0.0157. The van der Waals surface area contributed by atoms with Gasteiger partial charge in [-0.25, -0.2) is 9.59 Å². The highest BCUT2D eigenvalue weighted by Crippen LogP contribution is 2.31. The van der Waals surface area contributed by atoms with Crippen LogP contribution in [0.3, 0.4) is 0 Å². The molecular formula is C52H58N4O6. The Kier molecular flexibility index (Phi) is 14.8. The number of piperidine rings is 2. The van der Waals surface area contributed by atoms with E-state index in [0.29, 0.717) is 73.4 Å². The smallest absolute Gasteiger partial charge is 0.407 e. The molecule has 4 aromatic carbocycles. The maximum Gasteiger partial charge on any atom is 0.407 e. The number of carbonyl (C=O) groups is 4. The van der Waals surface area contributed by atoms with E-state index in [1.807, 2.05) is 124 Å². The summed E-state index contributed by atoms with van der Waals surface area (Å²) in [7, 11) is 0. The summed E-state index contributed by atoms with van der Waals surface area (Å²) in [6.07, 6.45) is 2.52. The van der Waals surface area contributed by atoms with Gasteiger partial charge in [-0.15, -0.1) is 0 Å². The van der Waals surface area contributed by atoms with E-state index in [1.54, 1.807) is 0 Å². The summed E-state index contributed by atoms with van der Waals surface area (Å²) in [5.74, 6) is 12.6. The van der Waals surface area contributed by atoms with Crippen molar-refractivity contribution in [3.05, 3.63) is 142 Å². The Bertz CT molecular complexity index is 2200. The largest absolute Gasteiger partial charge is 0.444 e. The number of nitrogens with zero attached hydrogens (tertiary/aromatic N) is 2.